The van der Waals surface area contributed by atoms with Crippen molar-refractivity contribution in [2.45, 2.75) is 19.5 Å². The Morgan fingerprint density at radius 1 is 1.08 bits per heavy atom. The number of nitrogens with zero attached hydrogens (tertiary/aromatic N) is 2. The van der Waals surface area contributed by atoms with Crippen molar-refractivity contribution < 1.29 is 4.79 Å². The summed E-state index contributed by atoms with van der Waals surface area (Å²) in [4.78, 5) is 12.0. The van der Waals surface area contributed by atoms with Crippen LogP contribution in [-0.4, -0.2) is 15.8 Å². The van der Waals surface area contributed by atoms with Crippen LogP contribution in [0.15, 0.2) is 73.1 Å². The van der Waals surface area contributed by atoms with Gasteiger partial charge in [0.1, 0.15) is 0 Å². The van der Waals surface area contributed by atoms with E-state index in [1.54, 1.807) is 10.9 Å². The van der Waals surface area contributed by atoms with Gasteiger partial charge in [0.2, 0.25) is 0 Å². The van der Waals surface area contributed by atoms with Gasteiger partial charge in [0, 0.05) is 18.3 Å². The van der Waals surface area contributed by atoms with E-state index in [2.05, 4.69) is 15.7 Å². The molecule has 2 aromatic carbocycles. The number of carbonyl (C=O) groups is 1. The average molecular weight is 320 g/mol. The van der Waals surface area contributed by atoms with Gasteiger partial charge in [-0.15, -0.1) is 0 Å². The second-order valence-electron chi connectivity index (χ2n) is 5.59. The average Bonchev–Trinajstić information content (AvgIpc) is 3.10. The van der Waals surface area contributed by atoms with Gasteiger partial charge < -0.3 is 10.6 Å². The van der Waals surface area contributed by atoms with Gasteiger partial charge in [-0.1, -0.05) is 48.5 Å². The summed E-state index contributed by atoms with van der Waals surface area (Å²) >= 11 is 0. The Bertz CT molecular complexity index is 783. The van der Waals surface area contributed by atoms with E-state index in [1.807, 2.05) is 73.8 Å². The summed E-state index contributed by atoms with van der Waals surface area (Å²) < 4.78 is 1.79. The third-order valence-electron chi connectivity index (χ3n) is 3.76. The molecule has 0 radical (unpaired) electrons. The topological polar surface area (TPSA) is 59.0 Å². The quantitative estimate of drug-likeness (QED) is 0.756. The SMILES string of the molecule is CC(NC(=O)NCc1cnn(-c2ccccc2)c1)c1ccccc1. The van der Waals surface area contributed by atoms with E-state index in [9.17, 15) is 4.79 Å². The van der Waals surface area contributed by atoms with E-state index >= 15 is 0 Å². The fourth-order valence-corrected chi connectivity index (χ4v) is 2.43. The Morgan fingerprint density at radius 2 is 1.75 bits per heavy atom. The van der Waals surface area contributed by atoms with Gasteiger partial charge in [0.05, 0.1) is 17.9 Å². The molecule has 0 saturated carbocycles. The van der Waals surface area contributed by atoms with Crippen molar-refractivity contribution in [1.82, 2.24) is 20.4 Å². The molecule has 0 aliphatic rings. The lowest BCUT2D eigenvalue weighted by atomic mass is 10.1. The molecule has 24 heavy (non-hydrogen) atoms. The molecule has 0 saturated heterocycles. The van der Waals surface area contributed by atoms with Gasteiger partial charge in [0.15, 0.2) is 0 Å². The first-order valence-electron chi connectivity index (χ1n) is 7.90. The van der Waals surface area contributed by atoms with Crippen LogP contribution in [0.5, 0.6) is 0 Å². The number of aromatic nitrogens is 2. The molecule has 0 aliphatic carbocycles. The monoisotopic (exact) mass is 320 g/mol. The van der Waals surface area contributed by atoms with Crippen molar-refractivity contribution in [1.29, 1.82) is 0 Å². The Balaban J connectivity index is 1.53. The number of rotatable bonds is 5. The van der Waals surface area contributed by atoms with E-state index in [0.717, 1.165) is 16.8 Å². The third kappa shape index (κ3) is 4.01. The molecular weight excluding hydrogens is 300 g/mol. The summed E-state index contributed by atoms with van der Waals surface area (Å²) in [6.07, 6.45) is 3.67. The van der Waals surface area contributed by atoms with Crippen molar-refractivity contribution in [3.63, 3.8) is 0 Å². The highest BCUT2D eigenvalue weighted by atomic mass is 16.2. The summed E-state index contributed by atoms with van der Waals surface area (Å²) in [6.45, 7) is 2.39. The fraction of sp³-hybridized carbons (Fsp3) is 0.158. The first-order valence-corrected chi connectivity index (χ1v) is 7.90. The molecule has 2 N–H and O–H groups in total. The van der Waals surface area contributed by atoms with Crippen molar-refractivity contribution in [3.05, 3.63) is 84.2 Å². The zero-order valence-corrected chi connectivity index (χ0v) is 13.5. The Labute approximate surface area is 141 Å². The molecule has 1 unspecified atom stereocenters. The molecule has 5 nitrogen and oxygen atoms in total. The van der Waals surface area contributed by atoms with Crippen molar-refractivity contribution in [2.24, 2.45) is 0 Å². The molecular formula is C19H20N4O. The maximum absolute atomic E-state index is 12.0. The maximum atomic E-state index is 12.0. The van der Waals surface area contributed by atoms with Gasteiger partial charge in [0.25, 0.3) is 0 Å². The van der Waals surface area contributed by atoms with E-state index in [4.69, 9.17) is 0 Å². The van der Waals surface area contributed by atoms with Gasteiger partial charge in [-0.3, -0.25) is 0 Å². The van der Waals surface area contributed by atoms with Crippen LogP contribution in [0.25, 0.3) is 5.69 Å². The van der Waals surface area contributed by atoms with Crippen molar-refractivity contribution in [2.75, 3.05) is 0 Å². The van der Waals surface area contributed by atoms with Crippen LogP contribution in [0.4, 0.5) is 4.79 Å². The van der Waals surface area contributed by atoms with Crippen LogP contribution >= 0.6 is 0 Å². The lowest BCUT2D eigenvalue weighted by molar-refractivity contribution is 0.237. The molecule has 2 amide bonds. The predicted molar refractivity (Wildman–Crippen MR) is 93.8 cm³/mol. The van der Waals surface area contributed by atoms with E-state index in [1.165, 1.54) is 0 Å². The number of amides is 2. The molecule has 1 aromatic heterocycles. The zero-order chi connectivity index (χ0) is 16.8. The number of benzene rings is 2. The minimum Gasteiger partial charge on any atom is -0.334 e. The molecule has 3 rings (SSSR count). The largest absolute Gasteiger partial charge is 0.334 e. The molecule has 5 heteroatoms. The summed E-state index contributed by atoms with van der Waals surface area (Å²) in [7, 11) is 0. The Morgan fingerprint density at radius 3 is 2.46 bits per heavy atom. The lowest BCUT2D eigenvalue weighted by Gasteiger charge is -2.14. The van der Waals surface area contributed by atoms with Crippen LogP contribution < -0.4 is 10.6 Å². The molecule has 3 aromatic rings. The fourth-order valence-electron chi connectivity index (χ4n) is 2.43. The van der Waals surface area contributed by atoms with Gasteiger partial charge >= 0.3 is 6.03 Å². The summed E-state index contributed by atoms with van der Waals surface area (Å²) in [6, 6.07) is 19.5. The minimum absolute atomic E-state index is 0.0433. The molecule has 0 aliphatic heterocycles. The molecule has 122 valence electrons. The van der Waals surface area contributed by atoms with Crippen molar-refractivity contribution in [3.8, 4) is 5.69 Å². The van der Waals surface area contributed by atoms with E-state index in [-0.39, 0.29) is 12.1 Å². The normalized spacial score (nSPS) is 11.7. The molecule has 1 atom stereocenters. The molecule has 0 spiro atoms. The number of nitrogens with one attached hydrogen (secondary N) is 2. The smallest absolute Gasteiger partial charge is 0.315 e. The second-order valence-corrected chi connectivity index (χ2v) is 5.59. The summed E-state index contributed by atoms with van der Waals surface area (Å²) in [5.74, 6) is 0. The molecule has 0 fully saturated rings. The van der Waals surface area contributed by atoms with Crippen LogP contribution in [0, 0.1) is 0 Å². The Hall–Kier alpha value is -3.08. The maximum Gasteiger partial charge on any atom is 0.315 e. The Kier molecular flexibility index (Phi) is 4.91. The number of hydrogen-bond acceptors (Lipinski definition) is 2. The second kappa shape index (κ2) is 7.46. The molecule has 0 bridgehead atoms. The summed E-state index contributed by atoms with van der Waals surface area (Å²) in [5, 5.41) is 10.1. The van der Waals surface area contributed by atoms with Crippen LogP contribution in [0.1, 0.15) is 24.1 Å². The number of hydrogen-bond donors (Lipinski definition) is 2. The third-order valence-corrected chi connectivity index (χ3v) is 3.76. The summed E-state index contributed by atoms with van der Waals surface area (Å²) in [5.41, 5.74) is 3.01. The first kappa shape index (κ1) is 15.8. The number of para-hydroxylation sites is 1. The minimum atomic E-state index is -0.196. The molecule has 1 heterocycles. The van der Waals surface area contributed by atoms with Crippen molar-refractivity contribution >= 4 is 6.03 Å². The lowest BCUT2D eigenvalue weighted by Crippen LogP contribution is -2.36. The van der Waals surface area contributed by atoms with E-state index in [0.29, 0.717) is 6.54 Å². The van der Waals surface area contributed by atoms with Crippen LogP contribution in [0.2, 0.25) is 0 Å². The van der Waals surface area contributed by atoms with Crippen LogP contribution in [-0.2, 0) is 6.54 Å². The van der Waals surface area contributed by atoms with Crippen LogP contribution in [0.3, 0.4) is 0 Å². The van der Waals surface area contributed by atoms with Gasteiger partial charge in [-0.25, -0.2) is 9.48 Å². The van der Waals surface area contributed by atoms with Gasteiger partial charge in [-0.2, -0.15) is 5.10 Å². The number of urea groups is 1. The zero-order valence-electron chi connectivity index (χ0n) is 13.5. The van der Waals surface area contributed by atoms with E-state index < -0.39 is 0 Å². The standard InChI is InChI=1S/C19H20N4O/c1-15(17-8-4-2-5-9-17)22-19(24)20-12-16-13-21-23(14-16)18-10-6-3-7-11-18/h2-11,13-15H,12H2,1H3,(H2,20,22,24). The predicted octanol–water partition coefficient (Wildman–Crippen LogP) is 3.43. The first-order chi connectivity index (χ1) is 11.7. The highest BCUT2D eigenvalue weighted by Crippen LogP contribution is 2.11. The highest BCUT2D eigenvalue weighted by molar-refractivity contribution is 5.74. The highest BCUT2D eigenvalue weighted by Gasteiger charge is 2.09. The van der Waals surface area contributed by atoms with Gasteiger partial charge in [-0.05, 0) is 24.6 Å². The number of carbonyl (C=O) groups excluding carboxylic acids is 1.